The van der Waals surface area contributed by atoms with Gasteiger partial charge in [-0.2, -0.15) is 5.26 Å². The number of nitrogens with zero attached hydrogens (tertiary/aromatic N) is 3. The quantitative estimate of drug-likeness (QED) is 0.731. The number of rotatable bonds is 2. The summed E-state index contributed by atoms with van der Waals surface area (Å²) in [6.07, 6.45) is 1.44. The zero-order chi connectivity index (χ0) is 15.0. The molecule has 21 heavy (non-hydrogen) atoms. The van der Waals surface area contributed by atoms with Crippen molar-refractivity contribution in [3.63, 3.8) is 0 Å². The van der Waals surface area contributed by atoms with Gasteiger partial charge in [0.2, 0.25) is 0 Å². The minimum Gasteiger partial charge on any atom is -0.293 e. The van der Waals surface area contributed by atoms with Gasteiger partial charge in [0, 0.05) is 0 Å². The normalized spacial score (nSPS) is 10.7. The summed E-state index contributed by atoms with van der Waals surface area (Å²) in [4.78, 5) is 16.7. The lowest BCUT2D eigenvalue weighted by atomic mass is 10.1. The minimum absolute atomic E-state index is 0.124. The van der Waals surface area contributed by atoms with Crippen LogP contribution < -0.4 is 5.56 Å². The summed E-state index contributed by atoms with van der Waals surface area (Å²) in [7, 11) is 0. The third-order valence-corrected chi connectivity index (χ3v) is 4.33. The molecule has 2 aromatic heterocycles. The van der Waals surface area contributed by atoms with Gasteiger partial charge in [-0.25, -0.2) is 9.37 Å². The van der Waals surface area contributed by atoms with E-state index in [-0.39, 0.29) is 12.1 Å². The molecule has 0 aliphatic heterocycles. The highest BCUT2D eigenvalue weighted by Gasteiger charge is 2.10. The molecule has 0 saturated carbocycles. The van der Waals surface area contributed by atoms with E-state index in [1.54, 1.807) is 0 Å². The highest BCUT2D eigenvalue weighted by molar-refractivity contribution is 7.17. The Labute approximate surface area is 123 Å². The van der Waals surface area contributed by atoms with E-state index in [1.165, 1.54) is 40.4 Å². The fraction of sp³-hybridized carbons (Fsp3) is 0.133. The van der Waals surface area contributed by atoms with Gasteiger partial charge in [0.15, 0.2) is 0 Å². The Morgan fingerprint density at radius 3 is 3.05 bits per heavy atom. The summed E-state index contributed by atoms with van der Waals surface area (Å²) in [6, 6.07) is 5.92. The van der Waals surface area contributed by atoms with Crippen molar-refractivity contribution in [3.05, 3.63) is 62.8 Å². The van der Waals surface area contributed by atoms with Gasteiger partial charge in [-0.05, 0) is 41.6 Å². The van der Waals surface area contributed by atoms with Gasteiger partial charge in [0.05, 0.1) is 30.0 Å². The molecule has 0 aliphatic carbocycles. The minimum atomic E-state index is -0.432. The molecule has 0 spiro atoms. The molecule has 0 bridgehead atoms. The Balaban J connectivity index is 2.11. The molecule has 3 rings (SSSR count). The number of benzene rings is 1. The highest BCUT2D eigenvalue weighted by Crippen LogP contribution is 2.20. The van der Waals surface area contributed by atoms with E-state index in [2.05, 4.69) is 4.98 Å². The number of hydrogen-bond donors (Lipinski definition) is 0. The van der Waals surface area contributed by atoms with Crippen molar-refractivity contribution >= 4 is 21.6 Å². The number of aryl methyl sites for hydroxylation is 1. The maximum Gasteiger partial charge on any atom is 0.271 e. The maximum atomic E-state index is 13.3. The van der Waals surface area contributed by atoms with Gasteiger partial charge in [-0.15, -0.1) is 11.3 Å². The first-order chi connectivity index (χ1) is 10.1. The fourth-order valence-electron chi connectivity index (χ4n) is 2.16. The number of hydrogen-bond acceptors (Lipinski definition) is 4. The molecular weight excluding hydrogens is 289 g/mol. The number of fused-ring (bicyclic) bond motifs is 1. The van der Waals surface area contributed by atoms with Crippen molar-refractivity contribution in [2.24, 2.45) is 0 Å². The van der Waals surface area contributed by atoms with Crippen LogP contribution in [0.1, 0.15) is 16.7 Å². The lowest BCUT2D eigenvalue weighted by molar-refractivity contribution is 0.622. The molecule has 0 radical (unpaired) electrons. The Kier molecular flexibility index (Phi) is 3.28. The number of halogens is 1. The van der Waals surface area contributed by atoms with Crippen LogP contribution in [0.2, 0.25) is 0 Å². The monoisotopic (exact) mass is 299 g/mol. The van der Waals surface area contributed by atoms with Crippen LogP contribution in [0.25, 0.3) is 10.2 Å². The number of aromatic nitrogens is 2. The second-order valence-electron chi connectivity index (χ2n) is 4.69. The van der Waals surface area contributed by atoms with Gasteiger partial charge in [0.1, 0.15) is 10.5 Å². The first-order valence-electron chi connectivity index (χ1n) is 6.22. The topological polar surface area (TPSA) is 58.7 Å². The lowest BCUT2D eigenvalue weighted by Gasteiger charge is -2.07. The third-order valence-electron chi connectivity index (χ3n) is 3.25. The van der Waals surface area contributed by atoms with E-state index in [0.717, 1.165) is 5.56 Å². The average molecular weight is 299 g/mol. The van der Waals surface area contributed by atoms with Crippen molar-refractivity contribution in [1.82, 2.24) is 9.55 Å². The highest BCUT2D eigenvalue weighted by atomic mass is 32.1. The van der Waals surface area contributed by atoms with Gasteiger partial charge < -0.3 is 0 Å². The van der Waals surface area contributed by atoms with Gasteiger partial charge in [0.25, 0.3) is 5.56 Å². The summed E-state index contributed by atoms with van der Waals surface area (Å²) in [6.45, 7) is 2.02. The molecule has 104 valence electrons. The zero-order valence-electron chi connectivity index (χ0n) is 11.1. The molecule has 2 heterocycles. The molecule has 0 atom stereocenters. The molecule has 0 amide bonds. The summed E-state index contributed by atoms with van der Waals surface area (Å²) < 4.78 is 15.3. The predicted molar refractivity (Wildman–Crippen MR) is 78.8 cm³/mol. The first kappa shape index (κ1) is 13.5. The predicted octanol–water partition coefficient (Wildman–Crippen LogP) is 2.83. The largest absolute Gasteiger partial charge is 0.293 e. The Morgan fingerprint density at radius 1 is 1.48 bits per heavy atom. The number of nitriles is 1. The molecule has 0 fully saturated rings. The summed E-state index contributed by atoms with van der Waals surface area (Å²) in [5, 5.41) is 10.9. The van der Waals surface area contributed by atoms with Crippen molar-refractivity contribution < 1.29 is 4.39 Å². The molecule has 6 heteroatoms. The second kappa shape index (κ2) is 5.11. The smallest absolute Gasteiger partial charge is 0.271 e. The third kappa shape index (κ3) is 2.32. The maximum absolute atomic E-state index is 13.3. The van der Waals surface area contributed by atoms with Crippen LogP contribution >= 0.6 is 11.3 Å². The van der Waals surface area contributed by atoms with E-state index in [4.69, 9.17) is 5.26 Å². The van der Waals surface area contributed by atoms with Crippen LogP contribution in [-0.4, -0.2) is 9.55 Å². The van der Waals surface area contributed by atoms with Gasteiger partial charge >= 0.3 is 0 Å². The SMILES string of the molecule is Cc1csc2c(=O)n(Cc3cc(F)ccc3C#N)cnc12. The Hall–Kier alpha value is -2.52. The summed E-state index contributed by atoms with van der Waals surface area (Å²) >= 11 is 1.34. The summed E-state index contributed by atoms with van der Waals surface area (Å²) in [5.74, 6) is -0.432. The van der Waals surface area contributed by atoms with E-state index in [1.807, 2.05) is 18.4 Å². The first-order valence-corrected chi connectivity index (χ1v) is 7.10. The van der Waals surface area contributed by atoms with E-state index in [9.17, 15) is 9.18 Å². The lowest BCUT2D eigenvalue weighted by Crippen LogP contribution is -2.20. The van der Waals surface area contributed by atoms with Crippen LogP contribution in [0, 0.1) is 24.1 Å². The van der Waals surface area contributed by atoms with Crippen molar-refractivity contribution in [2.75, 3.05) is 0 Å². The molecule has 3 aromatic rings. The zero-order valence-corrected chi connectivity index (χ0v) is 11.9. The van der Waals surface area contributed by atoms with Gasteiger partial charge in [-0.1, -0.05) is 0 Å². The number of thiophene rings is 1. The summed E-state index contributed by atoms with van der Waals surface area (Å²) in [5.41, 5.74) is 2.30. The van der Waals surface area contributed by atoms with Crippen LogP contribution in [0.3, 0.4) is 0 Å². The molecule has 0 N–H and O–H groups in total. The molecule has 0 unspecified atom stereocenters. The van der Waals surface area contributed by atoms with E-state index < -0.39 is 5.82 Å². The molecule has 0 aliphatic rings. The van der Waals surface area contributed by atoms with Crippen LogP contribution in [0.5, 0.6) is 0 Å². The molecular formula is C15H10FN3OS. The van der Waals surface area contributed by atoms with E-state index in [0.29, 0.717) is 21.3 Å². The van der Waals surface area contributed by atoms with Gasteiger partial charge in [-0.3, -0.25) is 9.36 Å². The van der Waals surface area contributed by atoms with Crippen LogP contribution in [0.15, 0.2) is 34.7 Å². The van der Waals surface area contributed by atoms with Crippen molar-refractivity contribution in [2.45, 2.75) is 13.5 Å². The van der Waals surface area contributed by atoms with E-state index >= 15 is 0 Å². The second-order valence-corrected chi connectivity index (χ2v) is 5.57. The standard InChI is InChI=1S/C15H10FN3OS/c1-9-7-21-14-13(9)18-8-19(15(14)20)6-11-4-12(16)3-2-10(11)5-17/h2-4,7-8H,6H2,1H3. The fourth-order valence-corrected chi connectivity index (χ4v) is 3.11. The molecule has 0 saturated heterocycles. The van der Waals surface area contributed by atoms with Crippen molar-refractivity contribution in [1.29, 1.82) is 5.26 Å². The molecule has 4 nitrogen and oxygen atoms in total. The molecule has 1 aromatic carbocycles. The van der Waals surface area contributed by atoms with Crippen LogP contribution in [-0.2, 0) is 6.54 Å². The van der Waals surface area contributed by atoms with Crippen LogP contribution in [0.4, 0.5) is 4.39 Å². The average Bonchev–Trinajstić information content (AvgIpc) is 2.84. The Bertz CT molecular complexity index is 936. The Morgan fingerprint density at radius 2 is 2.29 bits per heavy atom. The van der Waals surface area contributed by atoms with Crippen molar-refractivity contribution in [3.8, 4) is 6.07 Å².